The lowest BCUT2D eigenvalue weighted by atomic mass is 9.89. The zero-order chi connectivity index (χ0) is 36.5. The Morgan fingerprint density at radius 1 is 0.500 bits per heavy atom. The van der Waals surface area contributed by atoms with Crippen LogP contribution in [-0.4, -0.2) is 19.9 Å². The molecule has 52 heavy (non-hydrogen) atoms. The highest BCUT2D eigenvalue weighted by Gasteiger charge is 2.25. The van der Waals surface area contributed by atoms with E-state index in [1.165, 1.54) is 33.2 Å². The van der Waals surface area contributed by atoms with Gasteiger partial charge in [0.1, 0.15) is 22.8 Å². The van der Waals surface area contributed by atoms with Gasteiger partial charge < -0.3 is 4.42 Å². The zero-order valence-corrected chi connectivity index (χ0v) is 31.5. The maximum absolute atomic E-state index is 6.67. The van der Waals surface area contributed by atoms with Gasteiger partial charge in [0, 0.05) is 44.3 Å². The second kappa shape index (κ2) is 12.2. The number of fused-ring (bicyclic) bond motifs is 5. The molecule has 0 aliphatic carbocycles. The molecule has 0 saturated carbocycles. The molecule has 8 aromatic rings. The Morgan fingerprint density at radius 3 is 1.79 bits per heavy atom. The molecule has 5 aromatic carbocycles. The summed E-state index contributed by atoms with van der Waals surface area (Å²) in [6.07, 6.45) is 1.99. The van der Waals surface area contributed by atoms with Crippen molar-refractivity contribution >= 4 is 32.7 Å². The first-order chi connectivity index (χ1) is 24.8. The predicted octanol–water partition coefficient (Wildman–Crippen LogP) is 12.5. The minimum absolute atomic E-state index is 0.182. The van der Waals surface area contributed by atoms with E-state index in [0.717, 1.165) is 72.7 Å². The quantitative estimate of drug-likeness (QED) is 0.185. The molecular formula is C47H44N4O. The van der Waals surface area contributed by atoms with Crippen molar-refractivity contribution in [2.75, 3.05) is 0 Å². The summed E-state index contributed by atoms with van der Waals surface area (Å²) in [7, 11) is 0. The molecule has 0 aliphatic heterocycles. The molecule has 0 atom stereocenters. The lowest BCUT2D eigenvalue weighted by molar-refractivity contribution is 0.497. The summed E-state index contributed by atoms with van der Waals surface area (Å²) in [5.41, 5.74) is 12.6. The van der Waals surface area contributed by atoms with Crippen molar-refractivity contribution in [2.24, 2.45) is 0 Å². The molecule has 0 saturated heterocycles. The maximum Gasteiger partial charge on any atom is 0.163 e. The molecule has 3 heterocycles. The normalized spacial score (nSPS) is 12.3. The Bertz CT molecular complexity index is 2610. The Morgan fingerprint density at radius 2 is 1.12 bits per heavy atom. The summed E-state index contributed by atoms with van der Waals surface area (Å²) in [4.78, 5) is 19.6. The Balaban J connectivity index is 1.16. The Kier molecular flexibility index (Phi) is 7.87. The van der Waals surface area contributed by atoms with Gasteiger partial charge in [-0.15, -0.1) is 0 Å². The molecular weight excluding hydrogens is 637 g/mol. The molecule has 0 spiro atoms. The molecule has 8 rings (SSSR count). The highest BCUT2D eigenvalue weighted by molar-refractivity contribution is 6.17. The monoisotopic (exact) mass is 680 g/mol. The molecule has 0 aliphatic rings. The van der Waals surface area contributed by atoms with Gasteiger partial charge in [-0.1, -0.05) is 120 Å². The number of hydrogen-bond acceptors (Lipinski definition) is 5. The highest BCUT2D eigenvalue weighted by Crippen LogP contribution is 2.41. The SMILES string of the molecule is Cc1cnc(-c2cccc3c2oc2c4ccccc4ccc32)cc1-c1c(C)cc(-c2ccc(-c3nc(C(C)(C)C)nc(C(C)(C)C)n3)cc2)cc1C. The second-order valence-electron chi connectivity index (χ2n) is 16.2. The van der Waals surface area contributed by atoms with Gasteiger partial charge >= 0.3 is 0 Å². The molecule has 0 amide bonds. The van der Waals surface area contributed by atoms with E-state index in [2.05, 4.69) is 159 Å². The van der Waals surface area contributed by atoms with Gasteiger partial charge in [-0.3, -0.25) is 4.98 Å². The summed E-state index contributed by atoms with van der Waals surface area (Å²) in [6, 6.07) is 34.5. The van der Waals surface area contributed by atoms with Crippen molar-refractivity contribution in [1.29, 1.82) is 0 Å². The van der Waals surface area contributed by atoms with E-state index < -0.39 is 0 Å². The van der Waals surface area contributed by atoms with E-state index in [1.807, 2.05) is 6.20 Å². The minimum Gasteiger partial charge on any atom is -0.455 e. The lowest BCUT2D eigenvalue weighted by Gasteiger charge is -2.22. The maximum atomic E-state index is 6.67. The van der Waals surface area contributed by atoms with Gasteiger partial charge in [0.2, 0.25) is 0 Å². The smallest absolute Gasteiger partial charge is 0.163 e. The molecule has 0 fully saturated rings. The molecule has 0 radical (unpaired) electrons. The first-order valence-electron chi connectivity index (χ1n) is 18.1. The van der Waals surface area contributed by atoms with Crippen LogP contribution in [0.25, 0.3) is 77.6 Å². The number of hydrogen-bond donors (Lipinski definition) is 0. The first kappa shape index (κ1) is 33.5. The summed E-state index contributed by atoms with van der Waals surface area (Å²) in [6.45, 7) is 19.4. The summed E-state index contributed by atoms with van der Waals surface area (Å²) in [5, 5.41) is 4.51. The summed E-state index contributed by atoms with van der Waals surface area (Å²) in [5.74, 6) is 2.34. The van der Waals surface area contributed by atoms with E-state index in [4.69, 9.17) is 24.4 Å². The average molecular weight is 681 g/mol. The number of benzene rings is 5. The van der Waals surface area contributed by atoms with Crippen LogP contribution in [-0.2, 0) is 10.8 Å². The van der Waals surface area contributed by atoms with Crippen molar-refractivity contribution in [1.82, 2.24) is 19.9 Å². The highest BCUT2D eigenvalue weighted by atomic mass is 16.3. The van der Waals surface area contributed by atoms with E-state index >= 15 is 0 Å². The largest absolute Gasteiger partial charge is 0.455 e. The number of aromatic nitrogens is 4. The number of nitrogens with zero attached hydrogens (tertiary/aromatic N) is 4. The zero-order valence-electron chi connectivity index (χ0n) is 31.5. The fourth-order valence-corrected chi connectivity index (χ4v) is 7.21. The van der Waals surface area contributed by atoms with E-state index in [9.17, 15) is 0 Å². The fraction of sp³-hybridized carbons (Fsp3) is 0.234. The summed E-state index contributed by atoms with van der Waals surface area (Å²) >= 11 is 0. The first-order valence-corrected chi connectivity index (χ1v) is 18.1. The third-order valence-electron chi connectivity index (χ3n) is 10.0. The van der Waals surface area contributed by atoms with Crippen molar-refractivity contribution in [3.63, 3.8) is 0 Å². The van der Waals surface area contributed by atoms with Gasteiger partial charge in [0.15, 0.2) is 5.82 Å². The number of rotatable bonds is 4. The molecule has 3 aromatic heterocycles. The standard InChI is InChI=1S/C47H44N4O/c1-27-23-33(30-17-19-32(20-18-30)43-49-44(46(4,5)6)51-45(50-43)47(7,8)9)24-28(2)40(27)38-25-39(48-26-29(38)3)37-16-12-15-35-36-22-21-31-13-10-11-14-34(31)41(36)52-42(35)37/h10-26H,1-9H3. The topological polar surface area (TPSA) is 64.7 Å². The second-order valence-corrected chi connectivity index (χ2v) is 16.2. The van der Waals surface area contributed by atoms with Crippen LogP contribution >= 0.6 is 0 Å². The Hall–Kier alpha value is -5.68. The molecule has 0 N–H and O–H groups in total. The molecule has 5 nitrogen and oxygen atoms in total. The van der Waals surface area contributed by atoms with Crippen molar-refractivity contribution in [3.8, 4) is 44.9 Å². The van der Waals surface area contributed by atoms with Crippen LogP contribution in [0.15, 0.2) is 108 Å². The number of para-hydroxylation sites is 1. The van der Waals surface area contributed by atoms with Crippen LogP contribution in [0.1, 0.15) is 69.9 Å². The molecule has 0 unspecified atom stereocenters. The Labute approximate surface area is 305 Å². The number of furan rings is 1. The van der Waals surface area contributed by atoms with E-state index in [0.29, 0.717) is 0 Å². The van der Waals surface area contributed by atoms with Gasteiger partial charge in [-0.2, -0.15) is 0 Å². The molecule has 5 heteroatoms. The van der Waals surface area contributed by atoms with Crippen LogP contribution in [0.3, 0.4) is 0 Å². The van der Waals surface area contributed by atoms with Gasteiger partial charge in [0.25, 0.3) is 0 Å². The van der Waals surface area contributed by atoms with Crippen LogP contribution in [0.5, 0.6) is 0 Å². The fourth-order valence-electron chi connectivity index (χ4n) is 7.21. The van der Waals surface area contributed by atoms with Crippen molar-refractivity contribution in [2.45, 2.75) is 73.1 Å². The summed E-state index contributed by atoms with van der Waals surface area (Å²) < 4.78 is 6.67. The van der Waals surface area contributed by atoms with Crippen molar-refractivity contribution in [3.05, 3.63) is 132 Å². The van der Waals surface area contributed by atoms with Crippen LogP contribution < -0.4 is 0 Å². The van der Waals surface area contributed by atoms with Crippen LogP contribution in [0.2, 0.25) is 0 Å². The number of pyridine rings is 1. The predicted molar refractivity (Wildman–Crippen MR) is 216 cm³/mol. The average Bonchev–Trinajstić information content (AvgIpc) is 3.51. The molecule has 0 bridgehead atoms. The van der Waals surface area contributed by atoms with Crippen molar-refractivity contribution < 1.29 is 4.42 Å². The van der Waals surface area contributed by atoms with Crippen LogP contribution in [0, 0.1) is 20.8 Å². The third-order valence-corrected chi connectivity index (χ3v) is 10.0. The van der Waals surface area contributed by atoms with E-state index in [1.54, 1.807) is 0 Å². The van der Waals surface area contributed by atoms with Gasteiger partial charge in [-0.05, 0) is 83.3 Å². The van der Waals surface area contributed by atoms with E-state index in [-0.39, 0.29) is 10.8 Å². The third kappa shape index (κ3) is 5.84. The number of aryl methyl sites for hydroxylation is 3. The van der Waals surface area contributed by atoms with Gasteiger partial charge in [-0.25, -0.2) is 15.0 Å². The van der Waals surface area contributed by atoms with Crippen LogP contribution in [0.4, 0.5) is 0 Å². The van der Waals surface area contributed by atoms with Gasteiger partial charge in [0.05, 0.1) is 5.69 Å². The lowest BCUT2D eigenvalue weighted by Crippen LogP contribution is -2.24. The molecule has 258 valence electrons. The minimum atomic E-state index is -0.182.